The molecule has 0 saturated carbocycles. The Morgan fingerprint density at radius 3 is 2.10 bits per heavy atom. The summed E-state index contributed by atoms with van der Waals surface area (Å²) in [4.78, 5) is 0. The third-order valence-corrected chi connectivity index (χ3v) is 1.24. The molecule has 10 heavy (non-hydrogen) atoms. The van der Waals surface area contributed by atoms with Gasteiger partial charge in [-0.25, -0.2) is 0 Å². The molecular weight excluding hydrogens is 126 g/mol. The maximum absolute atomic E-state index is 5.01. The lowest BCUT2D eigenvalue weighted by Gasteiger charge is -1.94. The van der Waals surface area contributed by atoms with Crippen molar-refractivity contribution in [3.05, 3.63) is 11.8 Å². The second kappa shape index (κ2) is 4.09. The fourth-order valence-corrected chi connectivity index (χ4v) is 0.622. The van der Waals surface area contributed by atoms with E-state index in [2.05, 4.69) is 13.8 Å². The molecular formula is C8H16NO+. The Morgan fingerprint density at radius 1 is 1.30 bits per heavy atom. The van der Waals surface area contributed by atoms with Gasteiger partial charge in [0.15, 0.2) is 6.20 Å². The molecule has 0 atom stereocenters. The molecule has 0 aliphatic rings. The second-order valence-electron chi connectivity index (χ2n) is 2.54. The molecule has 0 unspecified atom stereocenters. The molecule has 0 aromatic heterocycles. The lowest BCUT2D eigenvalue weighted by atomic mass is 10.4. The van der Waals surface area contributed by atoms with Gasteiger partial charge in [-0.1, -0.05) is 0 Å². The topological polar surface area (TPSA) is 12.2 Å². The molecule has 0 spiro atoms. The average Bonchev–Trinajstić information content (AvgIpc) is 1.85. The van der Waals surface area contributed by atoms with E-state index < -0.39 is 0 Å². The monoisotopic (exact) mass is 142 g/mol. The number of hydrogen-bond donors (Lipinski definition) is 0. The minimum Gasteiger partial charge on any atom is -0.451 e. The summed E-state index contributed by atoms with van der Waals surface area (Å²) in [6.07, 6.45) is 2.03. The van der Waals surface area contributed by atoms with Crippen molar-refractivity contribution >= 4 is 5.90 Å². The molecule has 0 rings (SSSR count). The van der Waals surface area contributed by atoms with Gasteiger partial charge in [0.1, 0.15) is 7.05 Å². The molecule has 0 aliphatic carbocycles. The predicted octanol–water partition coefficient (Wildman–Crippen LogP) is 1.62. The van der Waals surface area contributed by atoms with Crippen molar-refractivity contribution in [3.63, 3.8) is 0 Å². The molecule has 2 nitrogen and oxygen atoms in total. The van der Waals surface area contributed by atoms with Crippen molar-refractivity contribution in [1.82, 2.24) is 0 Å². The summed E-state index contributed by atoms with van der Waals surface area (Å²) in [5.41, 5.74) is 1.26. The van der Waals surface area contributed by atoms with Gasteiger partial charge in [0.2, 0.25) is 0 Å². The highest BCUT2D eigenvalue weighted by Crippen LogP contribution is 1.88. The van der Waals surface area contributed by atoms with Crippen LogP contribution in [0.3, 0.4) is 0 Å². The van der Waals surface area contributed by atoms with Crippen molar-refractivity contribution in [2.75, 3.05) is 14.2 Å². The van der Waals surface area contributed by atoms with Crippen LogP contribution in [0.4, 0.5) is 0 Å². The minimum atomic E-state index is 0.904. The molecule has 0 aromatic rings. The summed E-state index contributed by atoms with van der Waals surface area (Å²) in [7, 11) is 3.64. The SMILES string of the molecule is COC(C)=[N+](C)C=C(C)C. The van der Waals surface area contributed by atoms with E-state index in [4.69, 9.17) is 4.74 Å². The summed E-state index contributed by atoms with van der Waals surface area (Å²) in [6, 6.07) is 0. The Hall–Kier alpha value is -0.790. The van der Waals surface area contributed by atoms with Gasteiger partial charge < -0.3 is 4.74 Å². The first kappa shape index (κ1) is 9.21. The second-order valence-corrected chi connectivity index (χ2v) is 2.54. The fraction of sp³-hybridized carbons (Fsp3) is 0.625. The Morgan fingerprint density at radius 2 is 1.80 bits per heavy atom. The maximum Gasteiger partial charge on any atom is 0.337 e. The summed E-state index contributed by atoms with van der Waals surface area (Å²) in [5, 5.41) is 0. The van der Waals surface area contributed by atoms with E-state index in [9.17, 15) is 0 Å². The van der Waals surface area contributed by atoms with Crippen LogP contribution in [0.2, 0.25) is 0 Å². The van der Waals surface area contributed by atoms with E-state index in [1.807, 2.05) is 24.7 Å². The Balaban J connectivity index is 4.33. The predicted molar refractivity (Wildman–Crippen MR) is 43.3 cm³/mol. The maximum atomic E-state index is 5.01. The van der Waals surface area contributed by atoms with Gasteiger partial charge in [0, 0.05) is 0 Å². The lowest BCUT2D eigenvalue weighted by molar-refractivity contribution is -0.434. The van der Waals surface area contributed by atoms with E-state index in [-0.39, 0.29) is 0 Å². The zero-order valence-corrected chi connectivity index (χ0v) is 7.43. The van der Waals surface area contributed by atoms with Crippen molar-refractivity contribution in [3.8, 4) is 0 Å². The fourth-order valence-electron chi connectivity index (χ4n) is 0.622. The number of rotatable bonds is 1. The summed E-state index contributed by atoms with van der Waals surface area (Å²) < 4.78 is 6.96. The molecule has 0 aromatic carbocycles. The van der Waals surface area contributed by atoms with Crippen LogP contribution in [0, 0.1) is 0 Å². The Bertz CT molecular complexity index is 164. The van der Waals surface area contributed by atoms with Crippen LogP contribution in [0.5, 0.6) is 0 Å². The minimum absolute atomic E-state index is 0.904. The van der Waals surface area contributed by atoms with Crippen molar-refractivity contribution < 1.29 is 9.31 Å². The molecule has 0 fully saturated rings. The standard InChI is InChI=1S/C8H16NO/c1-7(2)6-9(4)8(3)10-5/h6H,1-5H3/q+1. The number of nitrogens with zero attached hydrogens (tertiary/aromatic N) is 1. The van der Waals surface area contributed by atoms with Crippen molar-refractivity contribution in [2.24, 2.45) is 0 Å². The smallest absolute Gasteiger partial charge is 0.337 e. The largest absolute Gasteiger partial charge is 0.451 e. The highest BCUT2D eigenvalue weighted by molar-refractivity contribution is 5.67. The average molecular weight is 142 g/mol. The Labute approximate surface area is 62.8 Å². The van der Waals surface area contributed by atoms with Crippen molar-refractivity contribution in [1.29, 1.82) is 0 Å². The van der Waals surface area contributed by atoms with E-state index in [1.54, 1.807) is 7.11 Å². The molecule has 58 valence electrons. The first-order valence-electron chi connectivity index (χ1n) is 3.33. The summed E-state index contributed by atoms with van der Waals surface area (Å²) in [6.45, 7) is 6.04. The number of methoxy groups -OCH3 is 1. The molecule has 0 N–H and O–H groups in total. The summed E-state index contributed by atoms with van der Waals surface area (Å²) >= 11 is 0. The van der Waals surface area contributed by atoms with Gasteiger partial charge in [0.05, 0.1) is 14.0 Å². The molecule has 0 amide bonds. The third kappa shape index (κ3) is 3.28. The molecule has 0 aliphatic heterocycles. The van der Waals surface area contributed by atoms with Gasteiger partial charge in [-0.15, -0.1) is 0 Å². The lowest BCUT2D eigenvalue weighted by Crippen LogP contribution is -2.10. The Kier molecular flexibility index (Phi) is 3.77. The van der Waals surface area contributed by atoms with E-state index in [0.717, 1.165) is 5.90 Å². The van der Waals surface area contributed by atoms with Crippen LogP contribution in [-0.2, 0) is 4.74 Å². The summed E-state index contributed by atoms with van der Waals surface area (Å²) in [5.74, 6) is 0.904. The van der Waals surface area contributed by atoms with Crippen LogP contribution in [0.1, 0.15) is 20.8 Å². The van der Waals surface area contributed by atoms with Gasteiger partial charge in [-0.2, -0.15) is 4.58 Å². The molecule has 0 radical (unpaired) electrons. The van der Waals surface area contributed by atoms with Gasteiger partial charge in [0.25, 0.3) is 0 Å². The zero-order chi connectivity index (χ0) is 8.15. The number of allylic oxidation sites excluding steroid dienone is 1. The highest BCUT2D eigenvalue weighted by atomic mass is 16.5. The van der Waals surface area contributed by atoms with Crippen LogP contribution in [0.15, 0.2) is 11.8 Å². The first-order valence-corrected chi connectivity index (χ1v) is 3.33. The normalized spacial score (nSPS) is 12.1. The van der Waals surface area contributed by atoms with Gasteiger partial charge in [-0.3, -0.25) is 0 Å². The number of hydrogen-bond acceptors (Lipinski definition) is 1. The van der Waals surface area contributed by atoms with Crippen LogP contribution < -0.4 is 0 Å². The molecule has 2 heteroatoms. The van der Waals surface area contributed by atoms with E-state index in [1.165, 1.54) is 5.57 Å². The van der Waals surface area contributed by atoms with Crippen molar-refractivity contribution in [2.45, 2.75) is 20.8 Å². The first-order chi connectivity index (χ1) is 4.57. The third-order valence-electron chi connectivity index (χ3n) is 1.24. The number of ether oxygens (including phenoxy) is 1. The molecule has 0 saturated heterocycles. The van der Waals surface area contributed by atoms with E-state index in [0.29, 0.717) is 0 Å². The van der Waals surface area contributed by atoms with Crippen LogP contribution >= 0.6 is 0 Å². The molecule has 0 bridgehead atoms. The van der Waals surface area contributed by atoms with Gasteiger partial charge >= 0.3 is 5.90 Å². The quantitative estimate of drug-likeness (QED) is 0.308. The van der Waals surface area contributed by atoms with Crippen LogP contribution in [0.25, 0.3) is 0 Å². The van der Waals surface area contributed by atoms with Crippen LogP contribution in [-0.4, -0.2) is 24.6 Å². The highest BCUT2D eigenvalue weighted by Gasteiger charge is 1.98. The van der Waals surface area contributed by atoms with Gasteiger partial charge in [-0.05, 0) is 19.4 Å². The van der Waals surface area contributed by atoms with E-state index >= 15 is 0 Å². The zero-order valence-electron chi connectivity index (χ0n) is 7.43. The molecule has 0 heterocycles.